The van der Waals surface area contributed by atoms with Crippen LogP contribution in [0.25, 0.3) is 0 Å². The van der Waals surface area contributed by atoms with Crippen LogP contribution in [0.15, 0.2) is 113 Å². The Morgan fingerprint density at radius 2 is 1.66 bits per heavy atom. The molecule has 38 heavy (non-hydrogen) atoms. The molecule has 4 rings (SSSR count). The van der Waals surface area contributed by atoms with E-state index >= 15 is 0 Å². The molecule has 4 aromatic rings. The Kier molecular flexibility index (Phi) is 8.73. The molecule has 0 bridgehead atoms. The third-order valence-corrected chi connectivity index (χ3v) is 7.33. The zero-order valence-corrected chi connectivity index (χ0v) is 21.6. The van der Waals surface area contributed by atoms with Crippen molar-refractivity contribution in [3.05, 3.63) is 125 Å². The van der Waals surface area contributed by atoms with Gasteiger partial charge in [-0.3, -0.25) is 9.10 Å². The van der Waals surface area contributed by atoms with E-state index in [-0.39, 0.29) is 10.6 Å². The molecule has 0 heterocycles. The summed E-state index contributed by atoms with van der Waals surface area (Å²) in [7, 11) is -4.10. The second-order valence-corrected chi connectivity index (χ2v) is 10.4. The van der Waals surface area contributed by atoms with Crippen LogP contribution in [0.2, 0.25) is 5.02 Å². The Morgan fingerprint density at radius 1 is 0.947 bits per heavy atom. The first-order chi connectivity index (χ1) is 18.3. The van der Waals surface area contributed by atoms with Gasteiger partial charge in [-0.05, 0) is 83.9 Å². The number of hydrazone groups is 1. The number of halogens is 2. The van der Waals surface area contributed by atoms with Crippen molar-refractivity contribution in [3.63, 3.8) is 0 Å². The minimum absolute atomic E-state index is 0.00158. The second kappa shape index (κ2) is 12.4. The van der Waals surface area contributed by atoms with E-state index in [1.807, 2.05) is 18.2 Å². The minimum atomic E-state index is -4.10. The predicted octanol–water partition coefficient (Wildman–Crippen LogP) is 5.40. The zero-order chi connectivity index (χ0) is 27.0. The van der Waals surface area contributed by atoms with Crippen LogP contribution in [0.3, 0.4) is 0 Å². The van der Waals surface area contributed by atoms with Crippen LogP contribution < -0.4 is 14.5 Å². The number of hydrogen-bond acceptors (Lipinski definition) is 5. The Labute approximate surface area is 225 Å². The van der Waals surface area contributed by atoms with Crippen LogP contribution in [0.1, 0.15) is 11.1 Å². The Bertz CT molecular complexity index is 1510. The predicted molar refractivity (Wildman–Crippen MR) is 145 cm³/mol. The fraction of sp³-hybridized carbons (Fsp3) is 0.0714. The third kappa shape index (κ3) is 7.18. The van der Waals surface area contributed by atoms with Gasteiger partial charge >= 0.3 is 0 Å². The number of amides is 1. The molecule has 10 heteroatoms. The van der Waals surface area contributed by atoms with Crippen molar-refractivity contribution in [2.45, 2.75) is 11.5 Å². The molecule has 0 aliphatic carbocycles. The van der Waals surface area contributed by atoms with Crippen LogP contribution in [0.4, 0.5) is 10.1 Å². The van der Waals surface area contributed by atoms with Crippen LogP contribution in [0, 0.1) is 5.82 Å². The summed E-state index contributed by atoms with van der Waals surface area (Å²) in [6, 6.07) is 26.9. The molecule has 0 spiro atoms. The number of rotatable bonds is 10. The summed E-state index contributed by atoms with van der Waals surface area (Å²) in [5, 5.41) is 4.57. The lowest BCUT2D eigenvalue weighted by Crippen LogP contribution is -2.39. The van der Waals surface area contributed by atoms with Crippen molar-refractivity contribution in [3.8, 4) is 5.75 Å². The van der Waals surface area contributed by atoms with Gasteiger partial charge in [0.25, 0.3) is 15.9 Å². The molecule has 0 aromatic heterocycles. The van der Waals surface area contributed by atoms with Crippen molar-refractivity contribution in [1.82, 2.24) is 5.43 Å². The van der Waals surface area contributed by atoms with Crippen molar-refractivity contribution in [2.75, 3.05) is 10.8 Å². The normalized spacial score (nSPS) is 11.3. The third-order valence-electron chi connectivity index (χ3n) is 5.31. The van der Waals surface area contributed by atoms with E-state index in [9.17, 15) is 17.6 Å². The van der Waals surface area contributed by atoms with Crippen molar-refractivity contribution in [1.29, 1.82) is 0 Å². The molecule has 0 fully saturated rings. The number of carbonyl (C=O) groups is 1. The van der Waals surface area contributed by atoms with Gasteiger partial charge in [0.05, 0.1) is 16.8 Å². The van der Waals surface area contributed by atoms with Gasteiger partial charge in [-0.2, -0.15) is 5.10 Å². The quantitative estimate of drug-likeness (QED) is 0.211. The Morgan fingerprint density at radius 3 is 2.34 bits per heavy atom. The molecule has 0 radical (unpaired) electrons. The van der Waals surface area contributed by atoms with Gasteiger partial charge in [0, 0.05) is 5.02 Å². The lowest BCUT2D eigenvalue weighted by molar-refractivity contribution is -0.119. The maximum atomic E-state index is 13.4. The van der Waals surface area contributed by atoms with Gasteiger partial charge < -0.3 is 4.74 Å². The number of nitrogens with one attached hydrogen (secondary N) is 1. The van der Waals surface area contributed by atoms with E-state index < -0.39 is 28.3 Å². The van der Waals surface area contributed by atoms with Crippen LogP contribution in [-0.2, 0) is 21.4 Å². The molecule has 0 saturated heterocycles. The van der Waals surface area contributed by atoms with Gasteiger partial charge in [-0.25, -0.2) is 18.2 Å². The summed E-state index contributed by atoms with van der Waals surface area (Å²) >= 11 is 5.99. The molecule has 1 amide bonds. The molecule has 7 nitrogen and oxygen atoms in total. The molecule has 1 N–H and O–H groups in total. The van der Waals surface area contributed by atoms with Crippen LogP contribution in [0.5, 0.6) is 5.75 Å². The van der Waals surface area contributed by atoms with E-state index in [0.717, 1.165) is 22.0 Å². The zero-order valence-electron chi connectivity index (χ0n) is 20.0. The van der Waals surface area contributed by atoms with E-state index in [1.165, 1.54) is 30.5 Å². The molecule has 0 aliphatic heterocycles. The SMILES string of the molecule is O=C(CN(c1ccc(F)cc1)S(=O)(=O)c1ccccc1)N/N=C\c1ccc(OCc2cccc(Cl)c2)cc1. The first-order valence-corrected chi connectivity index (χ1v) is 13.3. The second-order valence-electron chi connectivity index (χ2n) is 8.08. The summed E-state index contributed by atoms with van der Waals surface area (Å²) in [6.07, 6.45) is 1.42. The van der Waals surface area contributed by atoms with Gasteiger partial charge in [-0.15, -0.1) is 0 Å². The van der Waals surface area contributed by atoms with E-state index in [1.54, 1.807) is 48.5 Å². The minimum Gasteiger partial charge on any atom is -0.489 e. The fourth-order valence-corrected chi connectivity index (χ4v) is 5.09. The lowest BCUT2D eigenvalue weighted by atomic mass is 10.2. The smallest absolute Gasteiger partial charge is 0.264 e. The molecular weight excluding hydrogens is 529 g/mol. The summed E-state index contributed by atoms with van der Waals surface area (Å²) in [6.45, 7) is -0.197. The average molecular weight is 552 g/mol. The molecule has 0 atom stereocenters. The van der Waals surface area contributed by atoms with Gasteiger partial charge in [0.1, 0.15) is 24.7 Å². The maximum absolute atomic E-state index is 13.4. The van der Waals surface area contributed by atoms with E-state index in [4.69, 9.17) is 16.3 Å². The molecule has 0 aliphatic rings. The highest BCUT2D eigenvalue weighted by molar-refractivity contribution is 7.92. The Balaban J connectivity index is 1.39. The number of anilines is 1. The molecule has 4 aromatic carbocycles. The van der Waals surface area contributed by atoms with Crippen molar-refractivity contribution in [2.24, 2.45) is 5.10 Å². The Hall–Kier alpha value is -4.21. The highest BCUT2D eigenvalue weighted by atomic mass is 35.5. The summed E-state index contributed by atoms with van der Waals surface area (Å²) in [5.41, 5.74) is 4.11. The number of nitrogens with zero attached hydrogens (tertiary/aromatic N) is 2. The topological polar surface area (TPSA) is 88.1 Å². The van der Waals surface area contributed by atoms with Crippen LogP contribution >= 0.6 is 11.6 Å². The van der Waals surface area contributed by atoms with Crippen LogP contribution in [-0.4, -0.2) is 27.1 Å². The fourth-order valence-electron chi connectivity index (χ4n) is 3.43. The molecular formula is C28H23ClFN3O4S. The number of sulfonamides is 1. The summed E-state index contributed by atoms with van der Waals surface area (Å²) < 4.78 is 46.6. The molecule has 0 saturated carbocycles. The monoisotopic (exact) mass is 551 g/mol. The first-order valence-electron chi connectivity index (χ1n) is 11.4. The standard InChI is InChI=1S/C28H23ClFN3O4S/c29-23-6-4-5-22(17-23)20-37-26-15-9-21(10-16-26)18-31-32-28(34)19-33(25-13-11-24(30)12-14-25)38(35,36)27-7-2-1-3-8-27/h1-18H,19-20H2,(H,32,34)/b31-18-. The maximum Gasteiger partial charge on any atom is 0.264 e. The van der Waals surface area contributed by atoms with Gasteiger partial charge in [0.15, 0.2) is 0 Å². The summed E-state index contributed by atoms with van der Waals surface area (Å²) in [4.78, 5) is 12.6. The number of carbonyl (C=O) groups excluding carboxylic acids is 1. The largest absolute Gasteiger partial charge is 0.489 e. The van der Waals surface area contributed by atoms with E-state index in [2.05, 4.69) is 10.5 Å². The summed E-state index contributed by atoms with van der Waals surface area (Å²) in [5.74, 6) is -0.556. The molecule has 194 valence electrons. The number of hydrogen-bond donors (Lipinski definition) is 1. The lowest BCUT2D eigenvalue weighted by Gasteiger charge is -2.23. The van der Waals surface area contributed by atoms with Gasteiger partial charge in [-0.1, -0.05) is 41.9 Å². The highest BCUT2D eigenvalue weighted by Crippen LogP contribution is 2.23. The number of ether oxygens (including phenoxy) is 1. The van der Waals surface area contributed by atoms with E-state index in [0.29, 0.717) is 22.9 Å². The van der Waals surface area contributed by atoms with Crippen molar-refractivity contribution < 1.29 is 22.3 Å². The van der Waals surface area contributed by atoms with Gasteiger partial charge in [0.2, 0.25) is 0 Å². The highest BCUT2D eigenvalue weighted by Gasteiger charge is 2.27. The number of benzene rings is 4. The molecule has 0 unspecified atom stereocenters. The van der Waals surface area contributed by atoms with Crippen molar-refractivity contribution >= 4 is 39.4 Å². The average Bonchev–Trinajstić information content (AvgIpc) is 2.92. The first kappa shape index (κ1) is 26.8.